The van der Waals surface area contributed by atoms with Crippen molar-refractivity contribution < 1.29 is 23.8 Å². The maximum absolute atomic E-state index is 12.9. The number of methoxy groups -OCH3 is 1. The molecule has 2 fully saturated rings. The van der Waals surface area contributed by atoms with Crippen LogP contribution in [-0.4, -0.2) is 75.3 Å². The van der Waals surface area contributed by atoms with Gasteiger partial charge in [0.1, 0.15) is 0 Å². The molecule has 0 spiro atoms. The first-order valence-electron chi connectivity index (χ1n) is 11.5. The van der Waals surface area contributed by atoms with Gasteiger partial charge in [0.2, 0.25) is 0 Å². The number of carbonyl (C=O) groups is 2. The van der Waals surface area contributed by atoms with Crippen LogP contribution in [0.4, 0.5) is 21.0 Å². The van der Waals surface area contributed by atoms with E-state index in [9.17, 15) is 9.59 Å². The zero-order valence-electron chi connectivity index (χ0n) is 19.4. The largest absolute Gasteiger partial charge is 0.452 e. The average molecular weight is 447 g/mol. The molecule has 9 heteroatoms. The normalized spacial score (nSPS) is 24.5. The van der Waals surface area contributed by atoms with Crippen molar-refractivity contribution in [3.63, 3.8) is 0 Å². The maximum Gasteiger partial charge on any atom is 0.414 e. The Morgan fingerprint density at radius 2 is 1.88 bits per heavy atom. The van der Waals surface area contributed by atoms with Gasteiger partial charge in [-0.2, -0.15) is 0 Å². The highest BCUT2D eigenvalue weighted by Gasteiger charge is 2.38. The molecule has 0 radical (unpaired) electrons. The summed E-state index contributed by atoms with van der Waals surface area (Å²) in [6.45, 7) is 9.25. The summed E-state index contributed by atoms with van der Waals surface area (Å²) in [6.07, 6.45) is 1.00. The fraction of sp³-hybridized carbons (Fsp3) is 0.652. The first-order chi connectivity index (χ1) is 15.4. The van der Waals surface area contributed by atoms with E-state index in [1.807, 2.05) is 32.9 Å². The minimum atomic E-state index is -0.434. The summed E-state index contributed by atoms with van der Waals surface area (Å²) in [5, 5.41) is 2.33. The van der Waals surface area contributed by atoms with Gasteiger partial charge in [-0.3, -0.25) is 15.2 Å². The minimum absolute atomic E-state index is 0.227. The van der Waals surface area contributed by atoms with Gasteiger partial charge in [0.25, 0.3) is 0 Å². The van der Waals surface area contributed by atoms with E-state index >= 15 is 0 Å². The number of hydrogen-bond acceptors (Lipinski definition) is 7. The van der Waals surface area contributed by atoms with E-state index in [-0.39, 0.29) is 18.1 Å². The van der Waals surface area contributed by atoms with Crippen molar-refractivity contribution in [2.75, 3.05) is 49.8 Å². The first kappa shape index (κ1) is 22.8. The van der Waals surface area contributed by atoms with Gasteiger partial charge in [0.15, 0.2) is 0 Å². The number of hydrazine groups is 1. The fourth-order valence-electron chi connectivity index (χ4n) is 4.80. The van der Waals surface area contributed by atoms with E-state index in [0.29, 0.717) is 24.0 Å². The standard InChI is InChI=1S/C23H34N4O5/c1-15(2)32-22(28)25-13-16(3)27(23(29)30-4)20-6-5-17(11-21(20)25)18-12-24-26(14-18)19-7-9-31-10-8-19/h5-6,11,15-16,18-19,24H,7-10,12-14H2,1-4H3/t16-,18?/m0/s1. The van der Waals surface area contributed by atoms with Crippen LogP contribution < -0.4 is 15.2 Å². The lowest BCUT2D eigenvalue weighted by molar-refractivity contribution is 0.0263. The Kier molecular flexibility index (Phi) is 6.88. The number of amides is 2. The molecule has 0 bridgehead atoms. The van der Waals surface area contributed by atoms with Crippen molar-refractivity contribution in [2.24, 2.45) is 0 Å². The molecule has 1 unspecified atom stereocenters. The second kappa shape index (κ2) is 9.64. The lowest BCUT2D eigenvalue weighted by Crippen LogP contribution is -2.52. The summed E-state index contributed by atoms with van der Waals surface area (Å²) in [7, 11) is 1.37. The van der Waals surface area contributed by atoms with E-state index in [4.69, 9.17) is 14.2 Å². The number of anilines is 2. The third-order valence-electron chi connectivity index (χ3n) is 6.43. The summed E-state index contributed by atoms with van der Waals surface area (Å²) < 4.78 is 16.0. The Morgan fingerprint density at radius 1 is 1.12 bits per heavy atom. The fourth-order valence-corrected chi connectivity index (χ4v) is 4.80. The second-order valence-corrected chi connectivity index (χ2v) is 9.04. The molecule has 1 N–H and O–H groups in total. The predicted molar refractivity (Wildman–Crippen MR) is 121 cm³/mol. The number of rotatable bonds is 3. The number of nitrogens with zero attached hydrogens (tertiary/aromatic N) is 3. The summed E-state index contributed by atoms with van der Waals surface area (Å²) in [6, 6.07) is 6.25. The molecule has 9 nitrogen and oxygen atoms in total. The van der Waals surface area contributed by atoms with E-state index in [1.54, 1.807) is 9.80 Å². The van der Waals surface area contributed by atoms with Gasteiger partial charge < -0.3 is 14.2 Å². The summed E-state index contributed by atoms with van der Waals surface area (Å²) >= 11 is 0. The van der Waals surface area contributed by atoms with Gasteiger partial charge in [-0.05, 0) is 51.3 Å². The van der Waals surface area contributed by atoms with E-state index < -0.39 is 12.2 Å². The molecule has 2 saturated heterocycles. The smallest absolute Gasteiger partial charge is 0.414 e. The Bertz CT molecular complexity index is 842. The molecule has 1 aromatic rings. The highest BCUT2D eigenvalue weighted by Crippen LogP contribution is 2.39. The lowest BCUT2D eigenvalue weighted by Gasteiger charge is -2.40. The van der Waals surface area contributed by atoms with Gasteiger partial charge in [-0.25, -0.2) is 14.6 Å². The molecule has 176 valence electrons. The average Bonchev–Trinajstić information content (AvgIpc) is 3.28. The van der Waals surface area contributed by atoms with Crippen LogP contribution in [0.2, 0.25) is 0 Å². The van der Waals surface area contributed by atoms with Crippen LogP contribution >= 0.6 is 0 Å². The number of hydrogen-bond donors (Lipinski definition) is 1. The van der Waals surface area contributed by atoms with Gasteiger partial charge >= 0.3 is 12.2 Å². The number of ether oxygens (including phenoxy) is 3. The van der Waals surface area contributed by atoms with Crippen LogP contribution in [-0.2, 0) is 14.2 Å². The zero-order valence-corrected chi connectivity index (χ0v) is 19.4. The van der Waals surface area contributed by atoms with Gasteiger partial charge in [0.05, 0.1) is 37.2 Å². The van der Waals surface area contributed by atoms with Crippen LogP contribution in [0.5, 0.6) is 0 Å². The Labute approximate surface area is 189 Å². The van der Waals surface area contributed by atoms with Gasteiger partial charge in [0, 0.05) is 38.3 Å². The van der Waals surface area contributed by atoms with Crippen molar-refractivity contribution in [3.05, 3.63) is 23.8 Å². The van der Waals surface area contributed by atoms with Crippen LogP contribution in [0, 0.1) is 0 Å². The lowest BCUT2D eigenvalue weighted by atomic mass is 9.96. The number of benzene rings is 1. The number of carbonyl (C=O) groups excluding carboxylic acids is 2. The molecule has 2 amide bonds. The van der Waals surface area contributed by atoms with Crippen molar-refractivity contribution in [1.82, 2.24) is 10.4 Å². The van der Waals surface area contributed by atoms with Gasteiger partial charge in [-0.1, -0.05) is 6.07 Å². The zero-order chi connectivity index (χ0) is 22.8. The molecule has 0 aliphatic carbocycles. The predicted octanol–water partition coefficient (Wildman–Crippen LogP) is 3.10. The highest BCUT2D eigenvalue weighted by atomic mass is 16.6. The first-order valence-corrected chi connectivity index (χ1v) is 11.5. The molecular formula is C23H34N4O5. The molecule has 2 atom stereocenters. The summed E-state index contributed by atoms with van der Waals surface area (Å²) in [4.78, 5) is 28.6. The summed E-state index contributed by atoms with van der Waals surface area (Å²) in [5.41, 5.74) is 6.02. The van der Waals surface area contributed by atoms with Gasteiger partial charge in [-0.15, -0.1) is 0 Å². The third-order valence-corrected chi connectivity index (χ3v) is 6.43. The van der Waals surface area contributed by atoms with Crippen molar-refractivity contribution in [2.45, 2.75) is 57.7 Å². The van der Waals surface area contributed by atoms with E-state index in [0.717, 1.165) is 44.7 Å². The van der Waals surface area contributed by atoms with Crippen LogP contribution in [0.1, 0.15) is 45.1 Å². The molecule has 3 heterocycles. The topological polar surface area (TPSA) is 83.6 Å². The molecule has 4 rings (SSSR count). The third kappa shape index (κ3) is 4.55. The number of fused-ring (bicyclic) bond motifs is 1. The monoisotopic (exact) mass is 446 g/mol. The SMILES string of the molecule is COC(=O)N1c2ccc(C3CNN(C4CCOCC4)C3)cc2N(C(=O)OC(C)C)C[C@@H]1C. The molecule has 3 aliphatic heterocycles. The Hall–Kier alpha value is -2.36. The molecular weight excluding hydrogens is 412 g/mol. The van der Waals surface area contributed by atoms with Crippen LogP contribution in [0.15, 0.2) is 18.2 Å². The minimum Gasteiger partial charge on any atom is -0.452 e. The molecule has 1 aromatic carbocycles. The highest BCUT2D eigenvalue weighted by molar-refractivity contribution is 6.00. The van der Waals surface area contributed by atoms with Crippen molar-refractivity contribution in [1.29, 1.82) is 0 Å². The van der Waals surface area contributed by atoms with Crippen LogP contribution in [0.3, 0.4) is 0 Å². The van der Waals surface area contributed by atoms with E-state index in [2.05, 4.69) is 16.5 Å². The molecule has 0 saturated carbocycles. The van der Waals surface area contributed by atoms with Crippen molar-refractivity contribution in [3.8, 4) is 0 Å². The maximum atomic E-state index is 12.9. The van der Waals surface area contributed by atoms with Crippen LogP contribution in [0.25, 0.3) is 0 Å². The Morgan fingerprint density at radius 3 is 2.56 bits per heavy atom. The molecule has 0 aromatic heterocycles. The second-order valence-electron chi connectivity index (χ2n) is 9.04. The van der Waals surface area contributed by atoms with E-state index in [1.165, 1.54) is 7.11 Å². The number of nitrogens with one attached hydrogen (secondary N) is 1. The molecule has 3 aliphatic rings. The quantitative estimate of drug-likeness (QED) is 0.764. The molecule has 32 heavy (non-hydrogen) atoms. The Balaban J connectivity index is 1.61. The van der Waals surface area contributed by atoms with Crippen molar-refractivity contribution >= 4 is 23.6 Å². The summed E-state index contributed by atoms with van der Waals surface area (Å²) in [5.74, 6) is 0.289.